The molecule has 1 atom stereocenters. The Morgan fingerprint density at radius 1 is 1.33 bits per heavy atom. The van der Waals surface area contributed by atoms with E-state index in [2.05, 4.69) is 11.0 Å². The summed E-state index contributed by atoms with van der Waals surface area (Å²) in [7, 11) is 1.61. The maximum Gasteiger partial charge on any atom is 0.237 e. The van der Waals surface area contributed by atoms with E-state index in [1.54, 1.807) is 12.0 Å². The number of carbonyl (C=O) groups is 1. The summed E-state index contributed by atoms with van der Waals surface area (Å²) in [6.07, 6.45) is 0. The Kier molecular flexibility index (Phi) is 5.43. The molecule has 0 bridgehead atoms. The van der Waals surface area contributed by atoms with Gasteiger partial charge in [0.1, 0.15) is 17.7 Å². The van der Waals surface area contributed by atoms with Crippen LogP contribution in [0.25, 0.3) is 0 Å². The van der Waals surface area contributed by atoms with Gasteiger partial charge >= 0.3 is 0 Å². The second-order valence-corrected chi connectivity index (χ2v) is 5.12. The van der Waals surface area contributed by atoms with Crippen LogP contribution in [0.15, 0.2) is 24.3 Å². The summed E-state index contributed by atoms with van der Waals surface area (Å²) in [6, 6.07) is 9.56. The summed E-state index contributed by atoms with van der Waals surface area (Å²) in [5.41, 5.74) is 0.940. The van der Waals surface area contributed by atoms with E-state index in [-0.39, 0.29) is 17.8 Å². The fourth-order valence-electron chi connectivity index (χ4n) is 2.47. The number of halogens is 1. The number of hydrogen-bond acceptors (Lipinski definition) is 4. The van der Waals surface area contributed by atoms with Crippen LogP contribution < -0.4 is 4.74 Å². The number of nitriles is 1. The first kappa shape index (κ1) is 15.6. The van der Waals surface area contributed by atoms with E-state index in [0.717, 1.165) is 11.3 Å². The van der Waals surface area contributed by atoms with Gasteiger partial charge in [-0.1, -0.05) is 12.1 Å². The number of nitrogens with zero attached hydrogens (tertiary/aromatic N) is 3. The smallest absolute Gasteiger partial charge is 0.237 e. The highest BCUT2D eigenvalue weighted by Crippen LogP contribution is 2.23. The van der Waals surface area contributed by atoms with Crippen LogP contribution in [-0.2, 0) is 4.79 Å². The Bertz CT molecular complexity index is 519. The van der Waals surface area contributed by atoms with E-state index < -0.39 is 0 Å². The van der Waals surface area contributed by atoms with Crippen LogP contribution in [0.2, 0.25) is 0 Å². The topological polar surface area (TPSA) is 56.6 Å². The molecule has 0 aromatic heterocycles. The number of piperazine rings is 1. The van der Waals surface area contributed by atoms with E-state index in [9.17, 15) is 10.1 Å². The van der Waals surface area contributed by atoms with Gasteiger partial charge < -0.3 is 9.64 Å². The van der Waals surface area contributed by atoms with Crippen molar-refractivity contribution in [1.29, 1.82) is 5.26 Å². The van der Waals surface area contributed by atoms with Crippen molar-refractivity contribution in [2.45, 2.75) is 6.04 Å². The van der Waals surface area contributed by atoms with Crippen molar-refractivity contribution in [3.05, 3.63) is 29.8 Å². The predicted octanol–water partition coefficient (Wildman–Crippen LogP) is 1.64. The lowest BCUT2D eigenvalue weighted by Crippen LogP contribution is -2.49. The summed E-state index contributed by atoms with van der Waals surface area (Å²) in [5.74, 6) is 0.738. The Morgan fingerprint density at radius 3 is 2.43 bits per heavy atom. The second-order valence-electron chi connectivity index (χ2n) is 4.86. The Morgan fingerprint density at radius 2 is 1.95 bits per heavy atom. The molecule has 1 aliphatic heterocycles. The average Bonchev–Trinajstić information content (AvgIpc) is 2.56. The lowest BCUT2D eigenvalue weighted by Gasteiger charge is -2.36. The van der Waals surface area contributed by atoms with Crippen molar-refractivity contribution in [1.82, 2.24) is 9.80 Å². The molecule has 0 saturated carbocycles. The van der Waals surface area contributed by atoms with E-state index in [0.29, 0.717) is 26.2 Å². The van der Waals surface area contributed by atoms with Crippen LogP contribution in [-0.4, -0.2) is 54.9 Å². The van der Waals surface area contributed by atoms with E-state index in [1.807, 2.05) is 24.3 Å². The molecule has 0 radical (unpaired) electrons. The van der Waals surface area contributed by atoms with Gasteiger partial charge in [0, 0.05) is 26.2 Å². The van der Waals surface area contributed by atoms with Crippen molar-refractivity contribution in [3.8, 4) is 11.8 Å². The number of amides is 1. The van der Waals surface area contributed by atoms with Crippen molar-refractivity contribution in [3.63, 3.8) is 0 Å². The first-order chi connectivity index (χ1) is 10.2. The van der Waals surface area contributed by atoms with E-state index >= 15 is 0 Å². The van der Waals surface area contributed by atoms with Gasteiger partial charge in [-0.3, -0.25) is 9.69 Å². The summed E-state index contributed by atoms with van der Waals surface area (Å²) in [4.78, 5) is 15.4. The fourth-order valence-corrected chi connectivity index (χ4v) is 2.64. The molecule has 1 fully saturated rings. The molecule has 1 amide bonds. The molecule has 5 nitrogen and oxygen atoms in total. The minimum atomic E-state index is -0.302. The van der Waals surface area contributed by atoms with E-state index in [4.69, 9.17) is 16.3 Å². The van der Waals surface area contributed by atoms with Crippen LogP contribution in [0.4, 0.5) is 0 Å². The van der Waals surface area contributed by atoms with Crippen molar-refractivity contribution in [2.75, 3.05) is 39.2 Å². The van der Waals surface area contributed by atoms with Gasteiger partial charge in [-0.2, -0.15) is 5.26 Å². The molecular formula is C15H18ClN3O2. The number of alkyl halides is 1. The Balaban J connectivity index is 2.02. The largest absolute Gasteiger partial charge is 0.497 e. The van der Waals surface area contributed by atoms with Gasteiger partial charge in [0.25, 0.3) is 0 Å². The minimum Gasteiger partial charge on any atom is -0.497 e. The maximum atomic E-state index is 11.6. The van der Waals surface area contributed by atoms with Gasteiger partial charge in [0.05, 0.1) is 13.2 Å². The first-order valence-electron chi connectivity index (χ1n) is 6.81. The molecule has 2 rings (SSSR count). The molecule has 112 valence electrons. The van der Waals surface area contributed by atoms with Crippen LogP contribution in [0, 0.1) is 11.3 Å². The molecule has 21 heavy (non-hydrogen) atoms. The molecule has 1 aliphatic rings. The summed E-state index contributed by atoms with van der Waals surface area (Å²) >= 11 is 5.57. The number of rotatable bonds is 4. The fraction of sp³-hybridized carbons (Fsp3) is 0.467. The SMILES string of the molecule is COc1ccc([C@@H](C#N)N2CCN(C(=O)CCl)CC2)cc1. The monoisotopic (exact) mass is 307 g/mol. The molecule has 0 aliphatic carbocycles. The third kappa shape index (κ3) is 3.66. The highest BCUT2D eigenvalue weighted by atomic mass is 35.5. The van der Waals surface area contributed by atoms with E-state index in [1.165, 1.54) is 0 Å². The van der Waals surface area contributed by atoms with Crippen LogP contribution in [0.3, 0.4) is 0 Å². The van der Waals surface area contributed by atoms with Crippen LogP contribution in [0.5, 0.6) is 5.75 Å². The Hall–Kier alpha value is -1.77. The molecule has 1 aromatic carbocycles. The maximum absolute atomic E-state index is 11.6. The van der Waals surface area contributed by atoms with Gasteiger partial charge in [-0.05, 0) is 17.7 Å². The summed E-state index contributed by atoms with van der Waals surface area (Å²) in [5, 5.41) is 9.45. The normalized spacial score (nSPS) is 17.1. The second kappa shape index (κ2) is 7.30. The molecule has 0 spiro atoms. The lowest BCUT2D eigenvalue weighted by molar-refractivity contribution is -0.130. The van der Waals surface area contributed by atoms with Crippen molar-refractivity contribution >= 4 is 17.5 Å². The highest BCUT2D eigenvalue weighted by Gasteiger charge is 2.26. The molecule has 1 heterocycles. The van der Waals surface area contributed by atoms with Gasteiger partial charge in [0.15, 0.2) is 0 Å². The third-order valence-corrected chi connectivity index (χ3v) is 3.93. The molecule has 1 saturated heterocycles. The zero-order valence-corrected chi connectivity index (χ0v) is 12.7. The molecule has 1 aromatic rings. The first-order valence-corrected chi connectivity index (χ1v) is 7.34. The number of carbonyl (C=O) groups excluding carboxylic acids is 1. The molecular weight excluding hydrogens is 290 g/mol. The van der Waals surface area contributed by atoms with Crippen molar-refractivity contribution in [2.24, 2.45) is 0 Å². The third-order valence-electron chi connectivity index (χ3n) is 3.70. The van der Waals surface area contributed by atoms with Gasteiger partial charge in [-0.25, -0.2) is 0 Å². The lowest BCUT2D eigenvalue weighted by atomic mass is 10.1. The average molecular weight is 308 g/mol. The Labute approximate surface area is 129 Å². The molecule has 0 N–H and O–H groups in total. The van der Waals surface area contributed by atoms with Crippen LogP contribution >= 0.6 is 11.6 Å². The number of benzene rings is 1. The zero-order valence-electron chi connectivity index (χ0n) is 12.0. The highest BCUT2D eigenvalue weighted by molar-refractivity contribution is 6.27. The zero-order chi connectivity index (χ0) is 15.2. The summed E-state index contributed by atoms with van der Waals surface area (Å²) < 4.78 is 5.13. The van der Waals surface area contributed by atoms with Gasteiger partial charge in [0.2, 0.25) is 5.91 Å². The molecule has 6 heteroatoms. The number of methoxy groups -OCH3 is 1. The number of ether oxygens (including phenoxy) is 1. The van der Waals surface area contributed by atoms with Gasteiger partial charge in [-0.15, -0.1) is 11.6 Å². The molecule has 0 unspecified atom stereocenters. The predicted molar refractivity (Wildman–Crippen MR) is 80.2 cm³/mol. The minimum absolute atomic E-state index is 0.0140. The standard InChI is InChI=1S/C15H18ClN3O2/c1-21-13-4-2-12(3-5-13)14(11-17)18-6-8-19(9-7-18)15(20)10-16/h2-5,14H,6-10H2,1H3/t14-/m1/s1. The van der Waals surface area contributed by atoms with Crippen molar-refractivity contribution < 1.29 is 9.53 Å². The summed E-state index contributed by atoms with van der Waals surface area (Å²) in [6.45, 7) is 2.57. The quantitative estimate of drug-likeness (QED) is 0.794. The number of hydrogen-bond donors (Lipinski definition) is 0. The van der Waals surface area contributed by atoms with Crippen LogP contribution in [0.1, 0.15) is 11.6 Å².